The van der Waals surface area contributed by atoms with Gasteiger partial charge in [-0.05, 0) is 53.0 Å². The van der Waals surface area contributed by atoms with Gasteiger partial charge in [0, 0.05) is 33.0 Å². The summed E-state index contributed by atoms with van der Waals surface area (Å²) in [6.07, 6.45) is -2.16. The number of carboxylic acid groups (broad SMARTS) is 1. The number of hydrogen-bond donors (Lipinski definition) is 4. The Hall–Kier alpha value is -2.86. The summed E-state index contributed by atoms with van der Waals surface area (Å²) in [5.74, 6) is -1.08. The van der Waals surface area contributed by atoms with Crippen molar-refractivity contribution >= 4 is 23.3 Å². The summed E-state index contributed by atoms with van der Waals surface area (Å²) in [5.41, 5.74) is 1.05. The van der Waals surface area contributed by atoms with Crippen molar-refractivity contribution in [2.45, 2.75) is 6.10 Å². The summed E-state index contributed by atoms with van der Waals surface area (Å²) in [6, 6.07) is 10.1. The molecule has 0 aliphatic carbocycles. The number of benzene rings is 3. The van der Waals surface area contributed by atoms with Crippen molar-refractivity contribution < 1.29 is 26.0 Å². The Kier molecular flexibility index (Phi) is 4.39. The van der Waals surface area contributed by atoms with Gasteiger partial charge in [-0.3, -0.25) is 0 Å². The second-order valence-electron chi connectivity index (χ2n) is 5.90. The van der Waals surface area contributed by atoms with Gasteiger partial charge in [0.2, 0.25) is 0 Å². The van der Waals surface area contributed by atoms with E-state index in [0.29, 0.717) is 16.8 Å². The zero-order chi connectivity index (χ0) is 27.7. The lowest BCUT2D eigenvalue weighted by atomic mass is 10.0. The van der Waals surface area contributed by atoms with Crippen LogP contribution in [0, 0.1) is 0 Å². The van der Waals surface area contributed by atoms with Crippen molar-refractivity contribution in [2.75, 3.05) is 24.9 Å². The number of halogens is 1. The van der Waals surface area contributed by atoms with E-state index >= 15 is 0 Å². The number of aromatic carboxylic acids is 1. The molecule has 1 atom stereocenters. The Morgan fingerprint density at radius 3 is 2.72 bits per heavy atom. The quantitative estimate of drug-likeness (QED) is 0.413. The minimum absolute atomic E-state index is 0.0963. The van der Waals surface area contributed by atoms with Crippen molar-refractivity contribution in [3.63, 3.8) is 0 Å². The van der Waals surface area contributed by atoms with Crippen LogP contribution in [-0.4, -0.2) is 35.7 Å². The summed E-state index contributed by atoms with van der Waals surface area (Å²) in [4.78, 5) is 11.3. The molecule has 0 saturated carbocycles. The topological polar surface area (TPSA) is 81.6 Å². The van der Waals surface area contributed by atoms with Gasteiger partial charge in [-0.1, -0.05) is 48.0 Å². The maximum atomic E-state index is 11.3. The van der Waals surface area contributed by atoms with Gasteiger partial charge in [0.1, 0.15) is 0 Å². The molecule has 0 spiro atoms. The van der Waals surface area contributed by atoms with Gasteiger partial charge in [0.25, 0.3) is 0 Å². The zero-order valence-corrected chi connectivity index (χ0v) is 15.8. The van der Waals surface area contributed by atoms with Crippen LogP contribution in [0.3, 0.4) is 0 Å². The van der Waals surface area contributed by atoms with Crippen LogP contribution in [0.25, 0.3) is 11.1 Å². The molecule has 0 saturated heterocycles. The number of nitrogens with one attached hydrogen (secondary N) is 2. The van der Waals surface area contributed by atoms with Gasteiger partial charge >= 0.3 is 5.97 Å². The molecule has 0 aliphatic heterocycles. The number of carboxylic acids is 1. The molecular weight excluding hydrogens is 388 g/mol. The largest absolute Gasteiger partial charge is 0.478 e. The standard InChI is InChI=1S/C23H23ClN2O3/c24-20-8-2-6-18(13-20)22(27)15-25-10-11-26-21-9-3-5-17(14-21)16-4-1-7-19(12-16)23(28)29/h1-9,12-14,22,25-27H,10-11,15H2,(H,28,29)/t22-/m0/s1/i2D,6D,8D,11D2,13D,15D2. The number of rotatable bonds is 9. The summed E-state index contributed by atoms with van der Waals surface area (Å²) in [6.45, 7) is -5.64. The zero-order valence-electron chi connectivity index (χ0n) is 23.1. The Labute approximate surface area is 186 Å². The molecule has 0 radical (unpaired) electrons. The van der Waals surface area contributed by atoms with Gasteiger partial charge in [-0.2, -0.15) is 0 Å². The monoisotopic (exact) mass is 418 g/mol. The first kappa shape index (κ1) is 12.6. The highest BCUT2D eigenvalue weighted by Crippen LogP contribution is 2.23. The molecule has 0 bridgehead atoms. The van der Waals surface area contributed by atoms with Crippen LogP contribution in [0.5, 0.6) is 0 Å². The highest BCUT2D eigenvalue weighted by atomic mass is 35.5. The molecule has 5 nitrogen and oxygen atoms in total. The first-order valence-electron chi connectivity index (χ1n) is 12.6. The van der Waals surface area contributed by atoms with Crippen molar-refractivity contribution in [1.82, 2.24) is 5.32 Å². The third kappa shape index (κ3) is 6.06. The van der Waals surface area contributed by atoms with Crippen LogP contribution in [0.4, 0.5) is 5.69 Å². The van der Waals surface area contributed by atoms with Crippen molar-refractivity contribution in [1.29, 1.82) is 0 Å². The maximum absolute atomic E-state index is 11.3. The normalized spacial score (nSPS) is 16.8. The van der Waals surface area contributed by atoms with Crippen LogP contribution < -0.4 is 10.6 Å². The molecule has 0 aliphatic rings. The van der Waals surface area contributed by atoms with E-state index in [4.69, 9.17) is 22.6 Å². The molecule has 3 aromatic carbocycles. The lowest BCUT2D eigenvalue weighted by molar-refractivity contribution is 0.0697. The molecule has 0 amide bonds. The van der Waals surface area contributed by atoms with Crippen molar-refractivity contribution in [3.05, 3.63) is 88.9 Å². The molecule has 0 aromatic heterocycles. The average molecular weight is 419 g/mol. The van der Waals surface area contributed by atoms with E-state index in [2.05, 4.69) is 10.6 Å². The lowest BCUT2D eigenvalue weighted by Gasteiger charge is -2.13. The predicted molar refractivity (Wildman–Crippen MR) is 117 cm³/mol. The fraction of sp³-hybridized carbons (Fsp3) is 0.174. The van der Waals surface area contributed by atoms with E-state index in [0.717, 1.165) is 0 Å². The second kappa shape index (κ2) is 10.1. The molecule has 29 heavy (non-hydrogen) atoms. The fourth-order valence-electron chi connectivity index (χ4n) is 2.49. The van der Waals surface area contributed by atoms with E-state index in [9.17, 15) is 15.0 Å². The van der Waals surface area contributed by atoms with E-state index in [1.807, 2.05) is 0 Å². The fourth-order valence-corrected chi connectivity index (χ4v) is 2.64. The van der Waals surface area contributed by atoms with E-state index < -0.39 is 66.4 Å². The molecule has 3 aromatic rings. The highest BCUT2D eigenvalue weighted by Gasteiger charge is 2.07. The summed E-state index contributed by atoms with van der Waals surface area (Å²) >= 11 is 5.84. The van der Waals surface area contributed by atoms with E-state index in [1.165, 1.54) is 12.1 Å². The van der Waals surface area contributed by atoms with E-state index in [1.54, 1.807) is 36.4 Å². The third-order valence-electron chi connectivity index (χ3n) is 3.84. The smallest absolute Gasteiger partial charge is 0.335 e. The van der Waals surface area contributed by atoms with Crippen LogP contribution in [-0.2, 0) is 0 Å². The Bertz CT molecular complexity index is 1310. The van der Waals surface area contributed by atoms with Crippen LogP contribution >= 0.6 is 11.6 Å². The van der Waals surface area contributed by atoms with Crippen molar-refractivity contribution in [3.8, 4) is 11.1 Å². The van der Waals surface area contributed by atoms with E-state index in [-0.39, 0.29) is 5.56 Å². The molecule has 0 unspecified atom stereocenters. The molecular formula is C23H23ClN2O3. The summed E-state index contributed by atoms with van der Waals surface area (Å²) in [5, 5.41) is 24.2. The molecule has 0 fully saturated rings. The highest BCUT2D eigenvalue weighted by molar-refractivity contribution is 6.30. The molecule has 4 N–H and O–H groups in total. The van der Waals surface area contributed by atoms with Crippen LogP contribution in [0.1, 0.15) is 33.0 Å². The number of aliphatic hydroxyl groups is 1. The Balaban J connectivity index is 1.77. The predicted octanol–water partition coefficient (Wildman–Crippen LogP) is 4.44. The minimum atomic E-state index is -2.74. The summed E-state index contributed by atoms with van der Waals surface area (Å²) < 4.78 is 64.2. The number of hydrogen-bond acceptors (Lipinski definition) is 4. The SMILES string of the molecule is [2H]c1c([2H])c(Cl)c([2H])c([C@@H](O)C([2H])([2H])NCC([2H])([2H])Nc2cccc(-c3cccc(C(=O)O)c3)c2)c1[2H]. The van der Waals surface area contributed by atoms with Crippen molar-refractivity contribution in [2.24, 2.45) is 0 Å². The minimum Gasteiger partial charge on any atom is -0.478 e. The number of aliphatic hydroxyl groups excluding tert-OH is 1. The number of carbonyl (C=O) groups is 1. The van der Waals surface area contributed by atoms with Gasteiger partial charge in [0.05, 0.1) is 19.9 Å². The number of anilines is 1. The maximum Gasteiger partial charge on any atom is 0.335 e. The molecule has 150 valence electrons. The molecule has 0 heterocycles. The third-order valence-corrected chi connectivity index (χ3v) is 4.03. The summed E-state index contributed by atoms with van der Waals surface area (Å²) in [7, 11) is 0. The Morgan fingerprint density at radius 1 is 1.17 bits per heavy atom. The first-order valence-corrected chi connectivity index (χ1v) is 8.93. The van der Waals surface area contributed by atoms with Gasteiger partial charge in [-0.15, -0.1) is 0 Å². The molecule has 3 rings (SSSR count). The molecule has 6 heteroatoms. The lowest BCUT2D eigenvalue weighted by Crippen LogP contribution is -2.26. The van der Waals surface area contributed by atoms with Crippen LogP contribution in [0.15, 0.2) is 72.7 Å². The average Bonchev–Trinajstić information content (AvgIpc) is 2.85. The van der Waals surface area contributed by atoms with Crippen LogP contribution in [0.2, 0.25) is 5.02 Å². The van der Waals surface area contributed by atoms with Gasteiger partial charge in [0.15, 0.2) is 0 Å². The first-order chi connectivity index (χ1) is 17.1. The Morgan fingerprint density at radius 2 is 1.93 bits per heavy atom. The second-order valence-corrected chi connectivity index (χ2v) is 6.27. The van der Waals surface area contributed by atoms with Gasteiger partial charge < -0.3 is 20.8 Å². The van der Waals surface area contributed by atoms with Gasteiger partial charge in [-0.25, -0.2) is 4.79 Å².